The number of carbonyl (C=O) groups is 2. The van der Waals surface area contributed by atoms with Gasteiger partial charge >= 0.3 is 5.97 Å². The number of hydrogen-bond acceptors (Lipinski definition) is 5. The molecule has 0 aliphatic heterocycles. The second kappa shape index (κ2) is 67.1. The van der Waals surface area contributed by atoms with Crippen molar-refractivity contribution in [3.05, 3.63) is 12.2 Å². The summed E-state index contributed by atoms with van der Waals surface area (Å²) in [7, 11) is 0. The van der Waals surface area contributed by atoms with Crippen LogP contribution in [0, 0.1) is 0 Å². The van der Waals surface area contributed by atoms with Crippen molar-refractivity contribution >= 4 is 11.9 Å². The number of unbranched alkanes of at least 4 members (excludes halogenated alkanes) is 56. The van der Waals surface area contributed by atoms with Gasteiger partial charge in [-0.1, -0.05) is 373 Å². The first-order chi connectivity index (χ1) is 38.0. The Labute approximate surface area is 482 Å². The molecule has 458 valence electrons. The van der Waals surface area contributed by atoms with Gasteiger partial charge in [0.2, 0.25) is 5.91 Å². The molecule has 0 fully saturated rings. The first-order valence-corrected chi connectivity index (χ1v) is 35.5. The Balaban J connectivity index is 3.30. The van der Waals surface area contributed by atoms with Crippen LogP contribution in [0.15, 0.2) is 12.2 Å². The molecule has 0 heterocycles. The molecular formula is C71H139NO5. The zero-order valence-electron chi connectivity index (χ0n) is 52.5. The number of rotatable bonds is 67. The number of amides is 1. The molecule has 1 amide bonds. The van der Waals surface area contributed by atoms with Crippen LogP contribution in [0.25, 0.3) is 0 Å². The van der Waals surface area contributed by atoms with Gasteiger partial charge in [-0.15, -0.1) is 0 Å². The van der Waals surface area contributed by atoms with E-state index in [9.17, 15) is 19.8 Å². The van der Waals surface area contributed by atoms with E-state index < -0.39 is 12.1 Å². The Hall–Kier alpha value is -1.40. The van der Waals surface area contributed by atoms with E-state index >= 15 is 0 Å². The Morgan fingerprint density at radius 3 is 0.883 bits per heavy atom. The normalized spacial score (nSPS) is 12.5. The van der Waals surface area contributed by atoms with Crippen LogP contribution in [0.5, 0.6) is 0 Å². The first-order valence-electron chi connectivity index (χ1n) is 35.5. The van der Waals surface area contributed by atoms with Crippen LogP contribution >= 0.6 is 0 Å². The van der Waals surface area contributed by atoms with E-state index in [1.807, 2.05) is 6.08 Å². The summed E-state index contributed by atoms with van der Waals surface area (Å²) in [6.45, 7) is 4.94. The molecule has 2 atom stereocenters. The smallest absolute Gasteiger partial charge is 0.305 e. The summed E-state index contributed by atoms with van der Waals surface area (Å²) in [5, 5.41) is 23.1. The quantitative estimate of drug-likeness (QED) is 0.0320. The summed E-state index contributed by atoms with van der Waals surface area (Å²) in [6, 6.07) is -0.622. The van der Waals surface area contributed by atoms with Crippen molar-refractivity contribution in [2.45, 2.75) is 418 Å². The second-order valence-electron chi connectivity index (χ2n) is 24.6. The van der Waals surface area contributed by atoms with Crippen molar-refractivity contribution in [1.29, 1.82) is 0 Å². The van der Waals surface area contributed by atoms with Crippen molar-refractivity contribution in [3.8, 4) is 0 Å². The van der Waals surface area contributed by atoms with E-state index in [1.54, 1.807) is 6.08 Å². The highest BCUT2D eigenvalue weighted by atomic mass is 16.5. The van der Waals surface area contributed by atoms with Gasteiger partial charge in [0.1, 0.15) is 0 Å². The van der Waals surface area contributed by atoms with Gasteiger partial charge in [-0.25, -0.2) is 0 Å². The number of aliphatic hydroxyl groups is 2. The zero-order chi connectivity index (χ0) is 55.7. The maximum atomic E-state index is 12.5. The molecule has 0 radical (unpaired) electrons. The molecule has 77 heavy (non-hydrogen) atoms. The molecule has 0 rings (SSSR count). The first kappa shape index (κ1) is 75.6. The molecule has 0 saturated heterocycles. The van der Waals surface area contributed by atoms with Gasteiger partial charge < -0.3 is 20.3 Å². The average Bonchev–Trinajstić information content (AvgIpc) is 3.43. The fraction of sp³-hybridized carbons (Fsp3) is 0.944. The minimum atomic E-state index is -0.839. The highest BCUT2D eigenvalue weighted by Gasteiger charge is 2.18. The van der Waals surface area contributed by atoms with E-state index in [0.717, 1.165) is 38.5 Å². The Morgan fingerprint density at radius 1 is 0.351 bits per heavy atom. The summed E-state index contributed by atoms with van der Waals surface area (Å²) >= 11 is 0. The molecule has 0 aliphatic carbocycles. The molecular weight excluding hydrogens is 947 g/mol. The van der Waals surface area contributed by atoms with Gasteiger partial charge in [0.15, 0.2) is 0 Å². The monoisotopic (exact) mass is 1090 g/mol. The van der Waals surface area contributed by atoms with Crippen LogP contribution in [0.1, 0.15) is 406 Å². The topological polar surface area (TPSA) is 95.9 Å². The van der Waals surface area contributed by atoms with E-state index in [0.29, 0.717) is 19.4 Å². The average molecular weight is 1090 g/mol. The molecule has 0 bridgehead atoms. The third-order valence-corrected chi connectivity index (χ3v) is 16.8. The third-order valence-electron chi connectivity index (χ3n) is 16.8. The minimum Gasteiger partial charge on any atom is -0.466 e. The predicted molar refractivity (Wildman–Crippen MR) is 338 cm³/mol. The number of hydrogen-bond donors (Lipinski definition) is 3. The van der Waals surface area contributed by atoms with Crippen molar-refractivity contribution in [2.24, 2.45) is 0 Å². The summed E-state index contributed by atoms with van der Waals surface area (Å²) in [4.78, 5) is 24.5. The molecule has 0 spiro atoms. The fourth-order valence-electron chi connectivity index (χ4n) is 11.4. The van der Waals surface area contributed by atoms with Crippen LogP contribution < -0.4 is 5.32 Å². The van der Waals surface area contributed by atoms with E-state index in [2.05, 4.69) is 19.2 Å². The van der Waals surface area contributed by atoms with Crippen molar-refractivity contribution in [3.63, 3.8) is 0 Å². The lowest BCUT2D eigenvalue weighted by Crippen LogP contribution is -2.45. The highest BCUT2D eigenvalue weighted by Crippen LogP contribution is 2.19. The maximum Gasteiger partial charge on any atom is 0.305 e. The number of aliphatic hydroxyl groups excluding tert-OH is 2. The number of allylic oxidation sites excluding steroid dienone is 1. The number of nitrogens with one attached hydrogen (secondary N) is 1. The lowest BCUT2D eigenvalue weighted by atomic mass is 10.0. The van der Waals surface area contributed by atoms with Gasteiger partial charge in [0, 0.05) is 12.8 Å². The van der Waals surface area contributed by atoms with Crippen LogP contribution in [0.3, 0.4) is 0 Å². The maximum absolute atomic E-state index is 12.5. The fourth-order valence-corrected chi connectivity index (χ4v) is 11.4. The molecule has 0 aromatic heterocycles. The van der Waals surface area contributed by atoms with Crippen molar-refractivity contribution < 1.29 is 24.5 Å². The number of ether oxygens (including phenoxy) is 1. The summed E-state index contributed by atoms with van der Waals surface area (Å²) in [5.41, 5.74) is 0. The lowest BCUT2D eigenvalue weighted by molar-refractivity contribution is -0.143. The largest absolute Gasteiger partial charge is 0.466 e. The van der Waals surface area contributed by atoms with Crippen LogP contribution in [0.2, 0.25) is 0 Å². The Bertz CT molecular complexity index is 1160. The van der Waals surface area contributed by atoms with E-state index in [1.165, 1.54) is 340 Å². The van der Waals surface area contributed by atoms with Crippen molar-refractivity contribution in [1.82, 2.24) is 5.32 Å². The Kier molecular flexibility index (Phi) is 65.9. The third kappa shape index (κ3) is 63.6. The van der Waals surface area contributed by atoms with Crippen molar-refractivity contribution in [2.75, 3.05) is 13.2 Å². The van der Waals surface area contributed by atoms with Crippen LogP contribution in [-0.4, -0.2) is 47.4 Å². The highest BCUT2D eigenvalue weighted by molar-refractivity contribution is 5.76. The second-order valence-corrected chi connectivity index (χ2v) is 24.6. The van der Waals surface area contributed by atoms with E-state index in [4.69, 9.17) is 4.74 Å². The molecule has 2 unspecified atom stereocenters. The SMILES string of the molecule is CCCCCCCCCCCC/C=C/C(O)C(CO)NC(=O)CCCCCCCCCCCCCCCCCCCCCCCCCCCCCCCCCCOC(=O)CCCCCCCCCCCCCCCCCC. The minimum absolute atomic E-state index is 0.0252. The molecule has 0 aliphatic rings. The van der Waals surface area contributed by atoms with Gasteiger partial charge in [0.25, 0.3) is 0 Å². The molecule has 6 nitrogen and oxygen atoms in total. The van der Waals surface area contributed by atoms with Crippen LogP contribution in [-0.2, 0) is 14.3 Å². The summed E-state index contributed by atoms with van der Waals surface area (Å²) in [6.07, 6.45) is 83.1. The lowest BCUT2D eigenvalue weighted by Gasteiger charge is -2.20. The predicted octanol–water partition coefficient (Wildman–Crippen LogP) is 22.8. The van der Waals surface area contributed by atoms with Gasteiger partial charge in [-0.3, -0.25) is 9.59 Å². The molecule has 3 N–H and O–H groups in total. The number of esters is 1. The Morgan fingerprint density at radius 2 is 0.597 bits per heavy atom. The van der Waals surface area contributed by atoms with Crippen LogP contribution in [0.4, 0.5) is 0 Å². The molecule has 0 aromatic rings. The molecule has 6 heteroatoms. The molecule has 0 saturated carbocycles. The number of carbonyl (C=O) groups excluding carboxylic acids is 2. The van der Waals surface area contributed by atoms with Gasteiger partial charge in [-0.05, 0) is 32.1 Å². The standard InChI is InChI=1S/C71H139NO5/c1-3-5-7-9-11-13-15-17-18-38-41-45-49-53-57-61-65-71(76)77-66-62-58-54-50-46-42-39-36-34-32-30-28-26-24-22-20-19-21-23-25-27-29-31-33-35-37-40-44-48-52-56-60-64-70(75)72-68(67-73)69(74)63-59-55-51-47-43-16-14-12-10-8-6-4-2/h59,63,68-69,73-74H,3-58,60-62,64-67H2,1-2H3,(H,72,75)/b63-59+. The molecule has 0 aromatic carbocycles. The van der Waals surface area contributed by atoms with Gasteiger partial charge in [-0.2, -0.15) is 0 Å². The van der Waals surface area contributed by atoms with Gasteiger partial charge in [0.05, 0.1) is 25.4 Å². The summed E-state index contributed by atoms with van der Waals surface area (Å²) in [5.74, 6) is -0.0367. The zero-order valence-corrected chi connectivity index (χ0v) is 52.5. The summed E-state index contributed by atoms with van der Waals surface area (Å²) < 4.78 is 5.51. The van der Waals surface area contributed by atoms with E-state index in [-0.39, 0.29) is 18.5 Å².